The highest BCUT2D eigenvalue weighted by molar-refractivity contribution is 5.31. The topological polar surface area (TPSA) is 32.7 Å². The van der Waals surface area contributed by atoms with Gasteiger partial charge in [0, 0.05) is 19.6 Å². The van der Waals surface area contributed by atoms with E-state index >= 15 is 0 Å². The Hall–Kier alpha value is -0.900. The van der Waals surface area contributed by atoms with Crippen molar-refractivity contribution in [2.24, 2.45) is 0 Å². The molecule has 1 N–H and O–H groups in total. The lowest BCUT2D eigenvalue weighted by Crippen LogP contribution is -2.31. The predicted octanol–water partition coefficient (Wildman–Crippen LogP) is 1.37. The highest BCUT2D eigenvalue weighted by Gasteiger charge is 2.26. The van der Waals surface area contributed by atoms with E-state index in [0.717, 1.165) is 39.1 Å². The van der Waals surface area contributed by atoms with Crippen LogP contribution < -0.4 is 0 Å². The second-order valence-corrected chi connectivity index (χ2v) is 5.01. The quantitative estimate of drug-likeness (QED) is 0.837. The molecule has 92 valence electrons. The monoisotopic (exact) mass is 233 g/mol. The van der Waals surface area contributed by atoms with Crippen molar-refractivity contribution in [1.29, 1.82) is 0 Å². The molecule has 3 heteroatoms. The van der Waals surface area contributed by atoms with Crippen LogP contribution in [0.2, 0.25) is 0 Å². The van der Waals surface area contributed by atoms with E-state index in [1.54, 1.807) is 0 Å². The van der Waals surface area contributed by atoms with Crippen molar-refractivity contribution in [3.63, 3.8) is 0 Å². The number of likely N-dealkylation sites (tertiary alicyclic amines) is 1. The molecule has 0 aliphatic carbocycles. The molecule has 3 rings (SSSR count). The van der Waals surface area contributed by atoms with Crippen molar-refractivity contribution in [3.8, 4) is 0 Å². The van der Waals surface area contributed by atoms with Crippen LogP contribution in [-0.4, -0.2) is 42.4 Å². The van der Waals surface area contributed by atoms with Crippen LogP contribution in [-0.2, 0) is 11.2 Å². The molecule has 2 aliphatic heterocycles. The van der Waals surface area contributed by atoms with Crippen molar-refractivity contribution in [2.75, 3.05) is 26.2 Å². The summed E-state index contributed by atoms with van der Waals surface area (Å²) in [5.74, 6) is 0. The largest absolute Gasteiger partial charge is 0.392 e. The van der Waals surface area contributed by atoms with Gasteiger partial charge in [0.1, 0.15) is 0 Å². The van der Waals surface area contributed by atoms with Gasteiger partial charge in [-0.1, -0.05) is 24.3 Å². The molecule has 2 atom stereocenters. The van der Waals surface area contributed by atoms with Crippen LogP contribution in [0, 0.1) is 0 Å². The Morgan fingerprint density at radius 3 is 3.06 bits per heavy atom. The van der Waals surface area contributed by atoms with Crippen LogP contribution in [0.1, 0.15) is 23.7 Å². The van der Waals surface area contributed by atoms with Crippen LogP contribution in [0.15, 0.2) is 24.3 Å². The van der Waals surface area contributed by atoms with E-state index in [1.807, 2.05) is 0 Å². The SMILES string of the molecule is OC1CCN(CC2OCCc3ccccc32)C1. The lowest BCUT2D eigenvalue weighted by Gasteiger charge is -2.29. The Bertz CT molecular complexity index is 394. The van der Waals surface area contributed by atoms with E-state index in [2.05, 4.69) is 29.2 Å². The van der Waals surface area contributed by atoms with Crippen molar-refractivity contribution in [1.82, 2.24) is 4.90 Å². The van der Waals surface area contributed by atoms with Crippen molar-refractivity contribution >= 4 is 0 Å². The number of β-amino-alcohol motifs (C(OH)–C–C–N with tert-alkyl or cyclic N) is 1. The van der Waals surface area contributed by atoms with Gasteiger partial charge in [-0.3, -0.25) is 4.90 Å². The summed E-state index contributed by atoms with van der Waals surface area (Å²) < 4.78 is 5.88. The molecule has 0 spiro atoms. The Morgan fingerprint density at radius 2 is 2.24 bits per heavy atom. The fraction of sp³-hybridized carbons (Fsp3) is 0.571. The van der Waals surface area contributed by atoms with Gasteiger partial charge in [-0.15, -0.1) is 0 Å². The zero-order chi connectivity index (χ0) is 11.7. The molecule has 1 aromatic rings. The molecule has 2 heterocycles. The molecule has 0 aromatic heterocycles. The number of aliphatic hydroxyl groups is 1. The van der Waals surface area contributed by atoms with Gasteiger partial charge in [0.2, 0.25) is 0 Å². The normalized spacial score (nSPS) is 29.2. The summed E-state index contributed by atoms with van der Waals surface area (Å²) in [4.78, 5) is 2.30. The number of benzene rings is 1. The highest BCUT2D eigenvalue weighted by Crippen LogP contribution is 2.28. The first-order chi connectivity index (χ1) is 8.33. The maximum atomic E-state index is 9.54. The van der Waals surface area contributed by atoms with Crippen LogP contribution in [0.3, 0.4) is 0 Å². The zero-order valence-electron chi connectivity index (χ0n) is 10.0. The number of nitrogens with zero attached hydrogens (tertiary/aromatic N) is 1. The second kappa shape index (κ2) is 4.77. The molecular formula is C14H19NO2. The van der Waals surface area contributed by atoms with Crippen LogP contribution in [0.25, 0.3) is 0 Å². The summed E-state index contributed by atoms with van der Waals surface area (Å²) in [6, 6.07) is 8.55. The Balaban J connectivity index is 1.72. The molecule has 0 amide bonds. The van der Waals surface area contributed by atoms with Crippen molar-refractivity contribution < 1.29 is 9.84 Å². The summed E-state index contributed by atoms with van der Waals surface area (Å²) in [7, 11) is 0. The van der Waals surface area contributed by atoms with E-state index in [1.165, 1.54) is 11.1 Å². The van der Waals surface area contributed by atoms with Gasteiger partial charge in [0.05, 0.1) is 18.8 Å². The van der Waals surface area contributed by atoms with Gasteiger partial charge in [-0.2, -0.15) is 0 Å². The molecule has 2 aliphatic rings. The minimum absolute atomic E-state index is 0.145. The molecule has 3 nitrogen and oxygen atoms in total. The standard InChI is InChI=1S/C14H19NO2/c16-12-5-7-15(9-12)10-14-13-4-2-1-3-11(13)6-8-17-14/h1-4,12,14,16H,5-10H2. The number of rotatable bonds is 2. The van der Waals surface area contributed by atoms with Gasteiger partial charge >= 0.3 is 0 Å². The minimum atomic E-state index is -0.145. The van der Waals surface area contributed by atoms with E-state index in [9.17, 15) is 5.11 Å². The minimum Gasteiger partial charge on any atom is -0.392 e. The molecule has 0 radical (unpaired) electrons. The average molecular weight is 233 g/mol. The van der Waals surface area contributed by atoms with Crippen molar-refractivity contribution in [2.45, 2.75) is 25.0 Å². The van der Waals surface area contributed by atoms with Gasteiger partial charge in [-0.05, 0) is 24.0 Å². The smallest absolute Gasteiger partial charge is 0.0954 e. The lowest BCUT2D eigenvalue weighted by atomic mass is 9.97. The zero-order valence-corrected chi connectivity index (χ0v) is 10.0. The first-order valence-corrected chi connectivity index (χ1v) is 6.43. The molecule has 0 saturated carbocycles. The van der Waals surface area contributed by atoms with Crippen LogP contribution >= 0.6 is 0 Å². The number of ether oxygens (including phenoxy) is 1. The maximum absolute atomic E-state index is 9.54. The molecule has 0 bridgehead atoms. The third-order valence-electron chi connectivity index (χ3n) is 3.76. The Labute approximate surface area is 102 Å². The molecule has 1 fully saturated rings. The summed E-state index contributed by atoms with van der Waals surface area (Å²) in [6.45, 7) is 3.51. The third kappa shape index (κ3) is 2.37. The summed E-state index contributed by atoms with van der Waals surface area (Å²) in [5.41, 5.74) is 2.75. The van der Waals surface area contributed by atoms with Crippen LogP contribution in [0.5, 0.6) is 0 Å². The summed E-state index contributed by atoms with van der Waals surface area (Å²) in [6.07, 6.45) is 1.96. The fourth-order valence-electron chi connectivity index (χ4n) is 2.84. The first kappa shape index (κ1) is 11.2. The molecule has 17 heavy (non-hydrogen) atoms. The van der Waals surface area contributed by atoms with E-state index < -0.39 is 0 Å². The first-order valence-electron chi connectivity index (χ1n) is 6.43. The molecule has 1 aromatic carbocycles. The molecular weight excluding hydrogens is 214 g/mol. The number of hydrogen-bond donors (Lipinski definition) is 1. The molecule has 1 saturated heterocycles. The second-order valence-electron chi connectivity index (χ2n) is 5.01. The van der Waals surface area contributed by atoms with E-state index in [4.69, 9.17) is 4.74 Å². The van der Waals surface area contributed by atoms with Crippen molar-refractivity contribution in [3.05, 3.63) is 35.4 Å². The maximum Gasteiger partial charge on any atom is 0.0954 e. The van der Waals surface area contributed by atoms with Gasteiger partial charge in [0.25, 0.3) is 0 Å². The number of fused-ring (bicyclic) bond motifs is 1. The fourth-order valence-corrected chi connectivity index (χ4v) is 2.84. The van der Waals surface area contributed by atoms with Crippen LogP contribution in [0.4, 0.5) is 0 Å². The van der Waals surface area contributed by atoms with E-state index in [-0.39, 0.29) is 12.2 Å². The van der Waals surface area contributed by atoms with Gasteiger partial charge < -0.3 is 9.84 Å². The predicted molar refractivity (Wildman–Crippen MR) is 65.9 cm³/mol. The third-order valence-corrected chi connectivity index (χ3v) is 3.76. The highest BCUT2D eigenvalue weighted by atomic mass is 16.5. The lowest BCUT2D eigenvalue weighted by molar-refractivity contribution is 0.0183. The summed E-state index contributed by atoms with van der Waals surface area (Å²) in [5, 5.41) is 9.54. The number of aliphatic hydroxyl groups excluding tert-OH is 1. The molecule has 2 unspecified atom stereocenters. The average Bonchev–Trinajstić information content (AvgIpc) is 2.75. The van der Waals surface area contributed by atoms with Gasteiger partial charge in [0.15, 0.2) is 0 Å². The summed E-state index contributed by atoms with van der Waals surface area (Å²) >= 11 is 0. The van der Waals surface area contributed by atoms with E-state index in [0.29, 0.717) is 0 Å². The Kier molecular flexibility index (Phi) is 3.14. The number of hydrogen-bond acceptors (Lipinski definition) is 3. The van der Waals surface area contributed by atoms with Gasteiger partial charge in [-0.25, -0.2) is 0 Å². The Morgan fingerprint density at radius 1 is 1.35 bits per heavy atom.